The normalized spacial score (nSPS) is 16.3. The number of hydrogen-bond donors (Lipinski definition) is 3. The first-order valence-corrected chi connectivity index (χ1v) is 9.93. The molecule has 152 valence electrons. The minimum atomic E-state index is -4.05. The molecule has 0 spiro atoms. The number of hydrogen-bond acceptors (Lipinski definition) is 4. The van der Waals surface area contributed by atoms with Crippen molar-refractivity contribution in [2.24, 2.45) is 0 Å². The molecule has 0 saturated carbocycles. The monoisotopic (exact) mass is 431 g/mol. The van der Waals surface area contributed by atoms with Crippen molar-refractivity contribution >= 4 is 39.7 Å². The second-order valence-electron chi connectivity index (χ2n) is 6.30. The third-order valence-corrected chi connectivity index (χ3v) is 5.60. The maximum Gasteiger partial charge on any atom is 0.261 e. The Bertz CT molecular complexity index is 934. The van der Waals surface area contributed by atoms with Crippen molar-refractivity contribution < 1.29 is 22.0 Å². The molecule has 10 heteroatoms. The number of carbonyl (C=O) groups excluding carboxylic acids is 1. The maximum atomic E-state index is 13.7. The zero-order valence-electron chi connectivity index (χ0n) is 14.7. The first-order valence-electron chi connectivity index (χ1n) is 8.45. The molecule has 0 aliphatic carbocycles. The molecule has 1 atom stereocenters. The van der Waals surface area contributed by atoms with E-state index >= 15 is 0 Å². The van der Waals surface area contributed by atoms with E-state index in [2.05, 4.69) is 15.4 Å². The minimum Gasteiger partial charge on any atom is -0.326 e. The fourth-order valence-corrected chi connectivity index (χ4v) is 3.93. The number of benzene rings is 2. The first kappa shape index (κ1) is 22.1. The van der Waals surface area contributed by atoms with Gasteiger partial charge in [0.05, 0.1) is 10.6 Å². The van der Waals surface area contributed by atoms with E-state index in [9.17, 15) is 22.0 Å². The van der Waals surface area contributed by atoms with Crippen LogP contribution in [-0.2, 0) is 14.8 Å². The second-order valence-corrected chi connectivity index (χ2v) is 7.98. The van der Waals surface area contributed by atoms with E-state index in [0.29, 0.717) is 18.2 Å². The third-order valence-electron chi connectivity index (χ3n) is 4.22. The molecule has 3 rings (SSSR count). The van der Waals surface area contributed by atoms with E-state index in [1.807, 2.05) is 0 Å². The zero-order valence-corrected chi connectivity index (χ0v) is 16.4. The molecule has 0 radical (unpaired) electrons. The number of halogens is 3. The van der Waals surface area contributed by atoms with Crippen molar-refractivity contribution in [3.63, 3.8) is 0 Å². The van der Waals surface area contributed by atoms with Crippen LogP contribution in [0.1, 0.15) is 19.3 Å². The predicted octanol–water partition coefficient (Wildman–Crippen LogP) is 3.27. The molecular weight excluding hydrogens is 412 g/mol. The van der Waals surface area contributed by atoms with Crippen molar-refractivity contribution in [3.8, 4) is 0 Å². The van der Waals surface area contributed by atoms with Crippen LogP contribution in [-0.4, -0.2) is 26.9 Å². The van der Waals surface area contributed by atoms with Crippen LogP contribution in [0.3, 0.4) is 0 Å². The lowest BCUT2D eigenvalue weighted by Gasteiger charge is -2.12. The number of nitrogens with one attached hydrogen (secondary N) is 3. The summed E-state index contributed by atoms with van der Waals surface area (Å²) in [6, 6.07) is 8.23. The fourth-order valence-electron chi connectivity index (χ4n) is 2.86. The maximum absolute atomic E-state index is 13.7. The van der Waals surface area contributed by atoms with Gasteiger partial charge in [-0.1, -0.05) is 0 Å². The third kappa shape index (κ3) is 5.63. The topological polar surface area (TPSA) is 87.3 Å². The van der Waals surface area contributed by atoms with Gasteiger partial charge < -0.3 is 10.6 Å². The Hall–Kier alpha value is -2.23. The van der Waals surface area contributed by atoms with Crippen molar-refractivity contribution in [2.75, 3.05) is 16.6 Å². The molecule has 6 nitrogen and oxygen atoms in total. The second kappa shape index (κ2) is 9.31. The smallest absolute Gasteiger partial charge is 0.261 e. The SMILES string of the molecule is Cl.O=C(CC1CCCN1)Nc1ccc(S(=O)(=O)Nc2ccc(F)cc2F)cc1. The van der Waals surface area contributed by atoms with Gasteiger partial charge in [0.25, 0.3) is 10.0 Å². The molecule has 0 aromatic heterocycles. The molecule has 1 fully saturated rings. The van der Waals surface area contributed by atoms with E-state index in [0.717, 1.165) is 31.5 Å². The summed E-state index contributed by atoms with van der Waals surface area (Å²) in [6.45, 7) is 0.909. The summed E-state index contributed by atoms with van der Waals surface area (Å²) in [4.78, 5) is 11.9. The molecule has 1 aliphatic rings. The van der Waals surface area contributed by atoms with Gasteiger partial charge in [0.1, 0.15) is 11.6 Å². The van der Waals surface area contributed by atoms with Crippen LogP contribution in [0.2, 0.25) is 0 Å². The quantitative estimate of drug-likeness (QED) is 0.655. The molecule has 2 aromatic carbocycles. The van der Waals surface area contributed by atoms with Gasteiger partial charge in [0.15, 0.2) is 0 Å². The summed E-state index contributed by atoms with van der Waals surface area (Å²) in [5.74, 6) is -1.97. The zero-order chi connectivity index (χ0) is 19.4. The minimum absolute atomic E-state index is 0. The molecule has 2 aromatic rings. The average molecular weight is 432 g/mol. The summed E-state index contributed by atoms with van der Waals surface area (Å²) < 4.78 is 53.3. The average Bonchev–Trinajstić information content (AvgIpc) is 3.10. The van der Waals surface area contributed by atoms with Crippen LogP contribution in [0, 0.1) is 11.6 Å². The van der Waals surface area contributed by atoms with Crippen LogP contribution >= 0.6 is 12.4 Å². The van der Waals surface area contributed by atoms with Crippen LogP contribution in [0.5, 0.6) is 0 Å². The Labute approximate surface area is 168 Å². The Balaban J connectivity index is 0.00000280. The fraction of sp³-hybridized carbons (Fsp3) is 0.278. The molecular formula is C18H20ClF2N3O3S. The summed E-state index contributed by atoms with van der Waals surface area (Å²) in [7, 11) is -4.05. The summed E-state index contributed by atoms with van der Waals surface area (Å²) in [6.07, 6.45) is 2.35. The molecule has 1 heterocycles. The van der Waals surface area contributed by atoms with E-state index in [-0.39, 0.29) is 34.9 Å². The number of rotatable bonds is 6. The van der Waals surface area contributed by atoms with Crippen LogP contribution < -0.4 is 15.4 Å². The standard InChI is InChI=1S/C18H19F2N3O3S.ClH/c19-12-3-8-17(16(20)10-12)23-27(25,26)15-6-4-13(5-7-15)22-18(24)11-14-2-1-9-21-14;/h3-8,10,14,21,23H,1-2,9,11H2,(H,22,24);1H. The Kier molecular flexibility index (Phi) is 7.34. The summed E-state index contributed by atoms with van der Waals surface area (Å²) >= 11 is 0. The van der Waals surface area contributed by atoms with E-state index in [1.54, 1.807) is 0 Å². The first-order chi connectivity index (χ1) is 12.8. The van der Waals surface area contributed by atoms with Gasteiger partial charge >= 0.3 is 0 Å². The van der Waals surface area contributed by atoms with Crippen molar-refractivity contribution in [1.82, 2.24) is 5.32 Å². The Morgan fingerprint density at radius 1 is 1.14 bits per heavy atom. The van der Waals surface area contributed by atoms with Crippen LogP contribution in [0.25, 0.3) is 0 Å². The largest absolute Gasteiger partial charge is 0.326 e. The number of sulfonamides is 1. The molecule has 28 heavy (non-hydrogen) atoms. The highest BCUT2D eigenvalue weighted by atomic mass is 35.5. The Morgan fingerprint density at radius 2 is 1.86 bits per heavy atom. The van der Waals surface area contributed by atoms with Gasteiger partial charge in [-0.3, -0.25) is 9.52 Å². The summed E-state index contributed by atoms with van der Waals surface area (Å²) in [5, 5.41) is 5.95. The van der Waals surface area contributed by atoms with Crippen LogP contribution in [0.4, 0.5) is 20.2 Å². The van der Waals surface area contributed by atoms with Gasteiger partial charge in [0.2, 0.25) is 5.91 Å². The Morgan fingerprint density at radius 3 is 2.46 bits per heavy atom. The molecule has 1 aliphatic heterocycles. The molecule has 1 unspecified atom stereocenters. The number of carbonyl (C=O) groups is 1. The van der Waals surface area contributed by atoms with Gasteiger partial charge in [-0.25, -0.2) is 17.2 Å². The predicted molar refractivity (Wildman–Crippen MR) is 105 cm³/mol. The molecule has 1 amide bonds. The molecule has 1 saturated heterocycles. The lowest BCUT2D eigenvalue weighted by atomic mass is 10.1. The lowest BCUT2D eigenvalue weighted by molar-refractivity contribution is -0.116. The highest BCUT2D eigenvalue weighted by Gasteiger charge is 2.19. The van der Waals surface area contributed by atoms with Gasteiger partial charge in [0, 0.05) is 24.2 Å². The highest BCUT2D eigenvalue weighted by molar-refractivity contribution is 7.92. The lowest BCUT2D eigenvalue weighted by Crippen LogP contribution is -2.27. The van der Waals surface area contributed by atoms with Crippen molar-refractivity contribution in [2.45, 2.75) is 30.2 Å². The number of amides is 1. The van der Waals surface area contributed by atoms with Crippen molar-refractivity contribution in [1.29, 1.82) is 0 Å². The molecule has 0 bridgehead atoms. The van der Waals surface area contributed by atoms with Crippen LogP contribution in [0.15, 0.2) is 47.4 Å². The number of anilines is 2. The van der Waals surface area contributed by atoms with Gasteiger partial charge in [-0.05, 0) is 55.8 Å². The summed E-state index contributed by atoms with van der Waals surface area (Å²) in [5.41, 5.74) is 0.114. The molecule has 3 N–H and O–H groups in total. The van der Waals surface area contributed by atoms with E-state index in [1.165, 1.54) is 24.3 Å². The van der Waals surface area contributed by atoms with E-state index < -0.39 is 21.7 Å². The van der Waals surface area contributed by atoms with E-state index in [4.69, 9.17) is 0 Å². The van der Waals surface area contributed by atoms with Gasteiger partial charge in [-0.2, -0.15) is 0 Å². The highest BCUT2D eigenvalue weighted by Crippen LogP contribution is 2.21. The van der Waals surface area contributed by atoms with Gasteiger partial charge in [-0.15, -0.1) is 12.4 Å². The van der Waals surface area contributed by atoms with Crippen molar-refractivity contribution in [3.05, 3.63) is 54.1 Å².